The molecule has 0 amide bonds. The molecule has 0 spiro atoms. The minimum Gasteiger partial charge on any atom is -0.508 e. The van der Waals surface area contributed by atoms with Crippen LogP contribution in [0.3, 0.4) is 0 Å². The van der Waals surface area contributed by atoms with Crippen molar-refractivity contribution in [1.82, 2.24) is 0 Å². The lowest BCUT2D eigenvalue weighted by molar-refractivity contribution is -0.114. The van der Waals surface area contributed by atoms with Crippen LogP contribution in [0.5, 0.6) is 5.75 Å². The fourth-order valence-corrected chi connectivity index (χ4v) is 2.80. The van der Waals surface area contributed by atoms with E-state index in [4.69, 9.17) is 0 Å². The molecule has 0 heterocycles. The Bertz CT molecular complexity index is 486. The first-order chi connectivity index (χ1) is 9.43. The molecular formula is C17H22O2S. The van der Waals surface area contributed by atoms with Gasteiger partial charge in [0.2, 0.25) is 0 Å². The summed E-state index contributed by atoms with van der Waals surface area (Å²) >= 11 is 1.65. The van der Waals surface area contributed by atoms with Gasteiger partial charge in [0.15, 0.2) is 5.78 Å². The lowest BCUT2D eigenvalue weighted by atomic mass is 10.0. The third kappa shape index (κ3) is 5.25. The Kier molecular flexibility index (Phi) is 6.59. The smallest absolute Gasteiger partial charge is 0.155 e. The summed E-state index contributed by atoms with van der Waals surface area (Å²) in [5.74, 6) is 0.808. The standard InChI is InChI=1S/C17H22O2S/c1-5-15(18)9-6-13(4)20-17(12(2)3)14-7-10-16(19)11-8-14/h6-12,17,19H,4-5H2,1-3H3/b9-6-. The Morgan fingerprint density at radius 1 is 1.30 bits per heavy atom. The molecule has 0 aliphatic carbocycles. The zero-order valence-corrected chi connectivity index (χ0v) is 13.1. The molecule has 0 aliphatic rings. The minimum atomic E-state index is 0.109. The van der Waals surface area contributed by atoms with Gasteiger partial charge in [-0.1, -0.05) is 39.5 Å². The fraction of sp³-hybridized carbons (Fsp3) is 0.353. The van der Waals surface area contributed by atoms with E-state index in [1.807, 2.05) is 19.1 Å². The molecule has 1 N–H and O–H groups in total. The molecule has 20 heavy (non-hydrogen) atoms. The van der Waals surface area contributed by atoms with Crippen LogP contribution in [0, 0.1) is 5.92 Å². The van der Waals surface area contributed by atoms with Gasteiger partial charge < -0.3 is 5.11 Å². The van der Waals surface area contributed by atoms with Gasteiger partial charge in [-0.2, -0.15) is 0 Å². The highest BCUT2D eigenvalue weighted by atomic mass is 32.2. The molecule has 1 aromatic carbocycles. The summed E-state index contributed by atoms with van der Waals surface area (Å²) in [6, 6.07) is 7.26. The number of rotatable bonds is 7. The molecule has 0 bridgehead atoms. The maximum atomic E-state index is 11.3. The van der Waals surface area contributed by atoms with Crippen LogP contribution in [0.15, 0.2) is 47.9 Å². The van der Waals surface area contributed by atoms with Gasteiger partial charge in [0, 0.05) is 16.6 Å². The van der Waals surface area contributed by atoms with Gasteiger partial charge in [0.25, 0.3) is 0 Å². The molecule has 0 fully saturated rings. The second kappa shape index (κ2) is 7.95. The zero-order chi connectivity index (χ0) is 15.1. The van der Waals surface area contributed by atoms with Crippen LogP contribution < -0.4 is 0 Å². The molecule has 0 saturated carbocycles. The maximum Gasteiger partial charge on any atom is 0.155 e. The predicted octanol–water partition coefficient (Wildman–Crippen LogP) is 4.87. The summed E-state index contributed by atoms with van der Waals surface area (Å²) in [7, 11) is 0. The largest absolute Gasteiger partial charge is 0.508 e. The van der Waals surface area contributed by atoms with E-state index in [1.165, 1.54) is 0 Å². The van der Waals surface area contributed by atoms with Gasteiger partial charge in [-0.25, -0.2) is 0 Å². The van der Waals surface area contributed by atoms with Gasteiger partial charge in [0.05, 0.1) is 0 Å². The first-order valence-electron chi connectivity index (χ1n) is 6.79. The van der Waals surface area contributed by atoms with Gasteiger partial charge in [0.1, 0.15) is 5.75 Å². The van der Waals surface area contributed by atoms with E-state index < -0.39 is 0 Å². The van der Waals surface area contributed by atoms with Crippen LogP contribution in [0.25, 0.3) is 0 Å². The number of phenolic OH excluding ortho intramolecular Hbond substituents is 1. The highest BCUT2D eigenvalue weighted by molar-refractivity contribution is 8.03. The normalized spacial score (nSPS) is 12.8. The van der Waals surface area contributed by atoms with E-state index in [0.29, 0.717) is 12.3 Å². The van der Waals surface area contributed by atoms with Crippen molar-refractivity contribution in [2.24, 2.45) is 5.92 Å². The molecule has 0 radical (unpaired) electrons. The maximum absolute atomic E-state index is 11.3. The lowest BCUT2D eigenvalue weighted by Crippen LogP contribution is -2.02. The number of aromatic hydroxyl groups is 1. The second-order valence-electron chi connectivity index (χ2n) is 4.99. The average Bonchev–Trinajstić information content (AvgIpc) is 2.43. The Balaban J connectivity index is 2.78. The van der Waals surface area contributed by atoms with E-state index in [1.54, 1.807) is 36.0 Å². The third-order valence-electron chi connectivity index (χ3n) is 2.91. The van der Waals surface area contributed by atoms with E-state index in [2.05, 4.69) is 20.4 Å². The SMILES string of the molecule is C=C(/C=C\C(=O)CC)SC(c1ccc(O)cc1)C(C)C. The van der Waals surface area contributed by atoms with E-state index in [-0.39, 0.29) is 16.8 Å². The molecule has 0 saturated heterocycles. The summed E-state index contributed by atoms with van der Waals surface area (Å²) in [5.41, 5.74) is 1.15. The van der Waals surface area contributed by atoms with Crippen molar-refractivity contribution < 1.29 is 9.90 Å². The summed E-state index contributed by atoms with van der Waals surface area (Å²) in [6.07, 6.45) is 3.88. The monoisotopic (exact) mass is 290 g/mol. The van der Waals surface area contributed by atoms with Crippen molar-refractivity contribution in [3.63, 3.8) is 0 Å². The van der Waals surface area contributed by atoms with Crippen molar-refractivity contribution in [2.45, 2.75) is 32.4 Å². The zero-order valence-electron chi connectivity index (χ0n) is 12.3. The molecule has 1 unspecified atom stereocenters. The van der Waals surface area contributed by atoms with Crippen molar-refractivity contribution in [3.8, 4) is 5.75 Å². The molecule has 0 aliphatic heterocycles. The van der Waals surface area contributed by atoms with Crippen LogP contribution in [-0.2, 0) is 4.79 Å². The van der Waals surface area contributed by atoms with E-state index in [9.17, 15) is 9.90 Å². The number of carbonyl (C=O) groups is 1. The molecular weight excluding hydrogens is 268 g/mol. The van der Waals surface area contributed by atoms with Crippen LogP contribution in [0.4, 0.5) is 0 Å². The molecule has 1 atom stereocenters. The molecule has 3 heteroatoms. The van der Waals surface area contributed by atoms with Crippen LogP contribution in [0.1, 0.15) is 38.0 Å². The first-order valence-corrected chi connectivity index (χ1v) is 7.67. The van der Waals surface area contributed by atoms with Gasteiger partial charge >= 0.3 is 0 Å². The number of hydrogen-bond donors (Lipinski definition) is 1. The molecule has 1 rings (SSSR count). The Morgan fingerprint density at radius 2 is 1.90 bits per heavy atom. The number of phenols is 1. The Hall–Kier alpha value is -1.48. The number of carbonyl (C=O) groups excluding carboxylic acids is 1. The fourth-order valence-electron chi connectivity index (χ4n) is 1.76. The Labute approximate surface area is 125 Å². The molecule has 1 aromatic rings. The number of hydrogen-bond acceptors (Lipinski definition) is 3. The number of thioether (sulfide) groups is 1. The summed E-state index contributed by atoms with van der Waals surface area (Å²) in [6.45, 7) is 10.1. The third-order valence-corrected chi connectivity index (χ3v) is 4.42. The average molecular weight is 290 g/mol. The lowest BCUT2D eigenvalue weighted by Gasteiger charge is -2.21. The van der Waals surface area contributed by atoms with Gasteiger partial charge in [-0.15, -0.1) is 11.8 Å². The van der Waals surface area contributed by atoms with Crippen molar-refractivity contribution in [1.29, 1.82) is 0 Å². The number of allylic oxidation sites excluding steroid dienone is 2. The van der Waals surface area contributed by atoms with Crippen LogP contribution in [-0.4, -0.2) is 10.9 Å². The van der Waals surface area contributed by atoms with Gasteiger partial charge in [-0.05, 0) is 35.8 Å². The molecule has 0 aromatic heterocycles. The van der Waals surface area contributed by atoms with Crippen molar-refractivity contribution in [3.05, 3.63) is 53.5 Å². The van der Waals surface area contributed by atoms with Gasteiger partial charge in [-0.3, -0.25) is 4.79 Å². The predicted molar refractivity (Wildman–Crippen MR) is 86.9 cm³/mol. The van der Waals surface area contributed by atoms with Crippen molar-refractivity contribution in [2.75, 3.05) is 0 Å². The van der Waals surface area contributed by atoms with E-state index >= 15 is 0 Å². The van der Waals surface area contributed by atoms with Crippen LogP contribution in [0.2, 0.25) is 0 Å². The summed E-state index contributed by atoms with van der Waals surface area (Å²) in [5, 5.41) is 9.61. The highest BCUT2D eigenvalue weighted by Gasteiger charge is 2.17. The Morgan fingerprint density at radius 3 is 2.40 bits per heavy atom. The second-order valence-corrected chi connectivity index (χ2v) is 6.26. The first kappa shape index (κ1) is 16.6. The molecule has 2 nitrogen and oxygen atoms in total. The highest BCUT2D eigenvalue weighted by Crippen LogP contribution is 2.40. The number of ketones is 1. The topological polar surface area (TPSA) is 37.3 Å². The van der Waals surface area contributed by atoms with Crippen LogP contribution >= 0.6 is 11.8 Å². The summed E-state index contributed by atoms with van der Waals surface area (Å²) < 4.78 is 0. The molecule has 108 valence electrons. The van der Waals surface area contributed by atoms with E-state index in [0.717, 1.165) is 10.5 Å². The number of benzene rings is 1. The minimum absolute atomic E-state index is 0.109. The quantitative estimate of drug-likeness (QED) is 0.575. The summed E-state index contributed by atoms with van der Waals surface area (Å²) in [4.78, 5) is 12.2. The van der Waals surface area contributed by atoms with Crippen molar-refractivity contribution >= 4 is 17.5 Å².